The van der Waals surface area contributed by atoms with E-state index in [1.165, 1.54) is 6.07 Å². The molecule has 6 heteroatoms. The molecule has 0 fully saturated rings. The van der Waals surface area contributed by atoms with Crippen molar-refractivity contribution in [3.63, 3.8) is 0 Å². The molecule has 0 aliphatic heterocycles. The van der Waals surface area contributed by atoms with Crippen molar-refractivity contribution < 1.29 is 9.18 Å². The number of carbonyl (C=O) groups is 1. The molecule has 0 saturated heterocycles. The van der Waals surface area contributed by atoms with Crippen molar-refractivity contribution in [1.82, 2.24) is 0 Å². The van der Waals surface area contributed by atoms with Crippen molar-refractivity contribution in [3.05, 3.63) is 61.2 Å². The van der Waals surface area contributed by atoms with Crippen LogP contribution in [0.1, 0.15) is 15.9 Å². The summed E-state index contributed by atoms with van der Waals surface area (Å²) in [4.78, 5) is 12.1. The van der Waals surface area contributed by atoms with E-state index in [0.717, 1.165) is 5.56 Å². The first-order valence-electron chi connectivity index (χ1n) is 5.60. The number of anilines is 1. The van der Waals surface area contributed by atoms with Crippen molar-refractivity contribution in [3.8, 4) is 0 Å². The summed E-state index contributed by atoms with van der Waals surface area (Å²) in [5.74, 6) is -0.781. The average Bonchev–Trinajstić information content (AvgIpc) is 2.34. The minimum absolute atomic E-state index is 0.349. The predicted octanol–water partition coefficient (Wildman–Crippen LogP) is 5.56. The predicted molar refractivity (Wildman–Crippen MR) is 85.9 cm³/mol. The zero-order chi connectivity index (χ0) is 14.9. The Labute approximate surface area is 137 Å². The van der Waals surface area contributed by atoms with E-state index in [0.29, 0.717) is 25.2 Å². The molecule has 0 spiro atoms. The van der Waals surface area contributed by atoms with Crippen LogP contribution in [-0.2, 0) is 0 Å². The van der Waals surface area contributed by atoms with Gasteiger partial charge in [0.2, 0.25) is 0 Å². The standard InChI is InChI=1S/C14H9Br2ClFNO/c1-7-2-11(16)12(18)6-13(7)19-14(20)8-3-9(15)5-10(17)4-8/h2-6H,1H3,(H,19,20). The second-order valence-corrected chi connectivity index (χ2v) is 6.40. The Morgan fingerprint density at radius 1 is 1.20 bits per heavy atom. The van der Waals surface area contributed by atoms with Gasteiger partial charge in [0.05, 0.1) is 4.47 Å². The summed E-state index contributed by atoms with van der Waals surface area (Å²) in [6, 6.07) is 7.76. The molecule has 0 saturated carbocycles. The quantitative estimate of drug-likeness (QED) is 0.675. The molecule has 2 rings (SSSR count). The van der Waals surface area contributed by atoms with E-state index in [1.807, 2.05) is 0 Å². The summed E-state index contributed by atoms with van der Waals surface area (Å²) in [6.45, 7) is 1.79. The third-order valence-electron chi connectivity index (χ3n) is 2.64. The van der Waals surface area contributed by atoms with Crippen molar-refractivity contribution in [2.24, 2.45) is 0 Å². The maximum Gasteiger partial charge on any atom is 0.255 e. The van der Waals surface area contributed by atoms with Gasteiger partial charge in [-0.3, -0.25) is 4.79 Å². The lowest BCUT2D eigenvalue weighted by molar-refractivity contribution is 0.102. The summed E-state index contributed by atoms with van der Waals surface area (Å²) in [6.07, 6.45) is 0. The van der Waals surface area contributed by atoms with E-state index in [2.05, 4.69) is 37.2 Å². The van der Waals surface area contributed by atoms with Crippen LogP contribution in [0.3, 0.4) is 0 Å². The lowest BCUT2D eigenvalue weighted by Gasteiger charge is -2.10. The van der Waals surface area contributed by atoms with Gasteiger partial charge in [0, 0.05) is 20.7 Å². The molecule has 0 aliphatic carbocycles. The second kappa shape index (κ2) is 6.24. The van der Waals surface area contributed by atoms with Crippen LogP contribution in [0.4, 0.5) is 10.1 Å². The molecule has 2 aromatic carbocycles. The van der Waals surface area contributed by atoms with Gasteiger partial charge in [0.1, 0.15) is 5.82 Å². The lowest BCUT2D eigenvalue weighted by Crippen LogP contribution is -2.13. The maximum atomic E-state index is 13.5. The summed E-state index contributed by atoms with van der Waals surface area (Å²) in [5.41, 5.74) is 1.58. The molecule has 104 valence electrons. The number of hydrogen-bond donors (Lipinski definition) is 1. The first-order chi connectivity index (χ1) is 9.36. The SMILES string of the molecule is Cc1cc(Br)c(F)cc1NC(=O)c1cc(Cl)cc(Br)c1. The van der Waals surface area contributed by atoms with Crippen LogP contribution in [0.25, 0.3) is 0 Å². The Kier molecular flexibility index (Phi) is 4.83. The number of aryl methyl sites for hydroxylation is 1. The van der Waals surface area contributed by atoms with Gasteiger partial charge in [-0.1, -0.05) is 27.5 Å². The molecule has 2 nitrogen and oxygen atoms in total. The first-order valence-corrected chi connectivity index (χ1v) is 7.56. The van der Waals surface area contributed by atoms with Gasteiger partial charge in [-0.15, -0.1) is 0 Å². The monoisotopic (exact) mass is 419 g/mol. The first kappa shape index (κ1) is 15.5. The van der Waals surface area contributed by atoms with Crippen LogP contribution in [0.15, 0.2) is 39.3 Å². The fourth-order valence-electron chi connectivity index (χ4n) is 1.66. The molecular weight excluding hydrogens is 412 g/mol. The Morgan fingerprint density at radius 3 is 2.55 bits per heavy atom. The smallest absolute Gasteiger partial charge is 0.255 e. The van der Waals surface area contributed by atoms with Gasteiger partial charge >= 0.3 is 0 Å². The number of halogens is 4. The lowest BCUT2D eigenvalue weighted by atomic mass is 10.1. The van der Waals surface area contributed by atoms with E-state index < -0.39 is 5.82 Å². The zero-order valence-electron chi connectivity index (χ0n) is 10.3. The highest BCUT2D eigenvalue weighted by Gasteiger charge is 2.11. The van der Waals surface area contributed by atoms with E-state index in [9.17, 15) is 9.18 Å². The Morgan fingerprint density at radius 2 is 1.90 bits per heavy atom. The van der Waals surface area contributed by atoms with E-state index in [1.54, 1.807) is 31.2 Å². The molecule has 20 heavy (non-hydrogen) atoms. The van der Waals surface area contributed by atoms with Crippen LogP contribution >= 0.6 is 43.5 Å². The van der Waals surface area contributed by atoms with Crippen LogP contribution in [0.2, 0.25) is 5.02 Å². The summed E-state index contributed by atoms with van der Waals surface area (Å²) in [5, 5.41) is 3.12. The number of amides is 1. The molecule has 2 aromatic rings. The van der Waals surface area contributed by atoms with Gasteiger partial charge in [0.25, 0.3) is 5.91 Å². The van der Waals surface area contributed by atoms with Crippen molar-refractivity contribution in [2.45, 2.75) is 6.92 Å². The highest BCUT2D eigenvalue weighted by atomic mass is 79.9. The molecule has 0 bridgehead atoms. The van der Waals surface area contributed by atoms with Gasteiger partial charge in [-0.05, 0) is 58.7 Å². The molecule has 0 heterocycles. The van der Waals surface area contributed by atoms with Gasteiger partial charge < -0.3 is 5.32 Å². The van der Waals surface area contributed by atoms with Crippen molar-refractivity contribution in [1.29, 1.82) is 0 Å². The second-order valence-electron chi connectivity index (χ2n) is 4.19. The van der Waals surface area contributed by atoms with Gasteiger partial charge in [-0.25, -0.2) is 4.39 Å². The largest absolute Gasteiger partial charge is 0.322 e. The summed E-state index contributed by atoms with van der Waals surface area (Å²) >= 11 is 12.3. The maximum absolute atomic E-state index is 13.5. The number of rotatable bonds is 2. The van der Waals surface area contributed by atoms with Crippen molar-refractivity contribution in [2.75, 3.05) is 5.32 Å². The van der Waals surface area contributed by atoms with E-state index >= 15 is 0 Å². The zero-order valence-corrected chi connectivity index (χ0v) is 14.2. The molecule has 0 aliphatic rings. The van der Waals surface area contributed by atoms with Crippen LogP contribution in [-0.4, -0.2) is 5.91 Å². The highest BCUT2D eigenvalue weighted by molar-refractivity contribution is 9.10. The minimum Gasteiger partial charge on any atom is -0.322 e. The Bertz CT molecular complexity index is 671. The fraction of sp³-hybridized carbons (Fsp3) is 0.0714. The normalized spacial score (nSPS) is 10.4. The third-order valence-corrected chi connectivity index (χ3v) is 3.92. The number of benzene rings is 2. The molecule has 0 unspecified atom stereocenters. The van der Waals surface area contributed by atoms with Gasteiger partial charge in [0.15, 0.2) is 0 Å². The van der Waals surface area contributed by atoms with Gasteiger partial charge in [-0.2, -0.15) is 0 Å². The average molecular weight is 421 g/mol. The Balaban J connectivity index is 2.30. The number of carbonyl (C=O) groups excluding carboxylic acids is 1. The summed E-state index contributed by atoms with van der Waals surface area (Å²) < 4.78 is 14.6. The third kappa shape index (κ3) is 3.59. The van der Waals surface area contributed by atoms with Crippen molar-refractivity contribution >= 4 is 55.1 Å². The molecular formula is C14H9Br2ClFNO. The summed E-state index contributed by atoms with van der Waals surface area (Å²) in [7, 11) is 0. The molecule has 1 N–H and O–H groups in total. The number of nitrogens with one attached hydrogen (secondary N) is 1. The molecule has 0 radical (unpaired) electrons. The van der Waals surface area contributed by atoms with E-state index in [-0.39, 0.29) is 5.91 Å². The molecule has 0 atom stereocenters. The molecule has 1 amide bonds. The van der Waals surface area contributed by atoms with Crippen LogP contribution < -0.4 is 5.32 Å². The van der Waals surface area contributed by atoms with Crippen LogP contribution in [0, 0.1) is 12.7 Å². The molecule has 0 aromatic heterocycles. The fourth-order valence-corrected chi connectivity index (χ4v) is 2.98. The van der Waals surface area contributed by atoms with E-state index in [4.69, 9.17) is 11.6 Å². The Hall–Kier alpha value is -0.910. The topological polar surface area (TPSA) is 29.1 Å². The minimum atomic E-state index is -0.432. The van der Waals surface area contributed by atoms with Crippen LogP contribution in [0.5, 0.6) is 0 Å². The number of hydrogen-bond acceptors (Lipinski definition) is 1. The highest BCUT2D eigenvalue weighted by Crippen LogP contribution is 2.25.